The van der Waals surface area contributed by atoms with Gasteiger partial charge in [0.1, 0.15) is 12.4 Å². The number of methoxy groups -OCH3 is 2. The van der Waals surface area contributed by atoms with Crippen LogP contribution in [0, 0.1) is 0 Å². The fourth-order valence-corrected chi connectivity index (χ4v) is 3.78. The molecule has 1 fully saturated rings. The fourth-order valence-electron chi connectivity index (χ4n) is 3.78. The largest absolute Gasteiger partial charge is 0.493 e. The van der Waals surface area contributed by atoms with Gasteiger partial charge >= 0.3 is 0 Å². The lowest BCUT2D eigenvalue weighted by Crippen LogP contribution is -2.26. The zero-order valence-corrected chi connectivity index (χ0v) is 15.1. The molecule has 0 N–H and O–H groups in total. The maximum Gasteiger partial charge on any atom is 0.254 e. The third kappa shape index (κ3) is 2.94. The van der Waals surface area contributed by atoms with E-state index in [1.165, 1.54) is 0 Å². The lowest BCUT2D eigenvalue weighted by Gasteiger charge is -2.25. The molecule has 1 unspecified atom stereocenters. The smallest absolute Gasteiger partial charge is 0.254 e. The van der Waals surface area contributed by atoms with Gasteiger partial charge in [0.25, 0.3) is 5.56 Å². The van der Waals surface area contributed by atoms with E-state index in [1.54, 1.807) is 24.9 Å². The zero-order chi connectivity index (χ0) is 18.1. The molecule has 0 spiro atoms. The van der Waals surface area contributed by atoms with E-state index in [0.717, 1.165) is 48.4 Å². The van der Waals surface area contributed by atoms with Crippen LogP contribution >= 0.6 is 0 Å². The molecule has 1 aromatic carbocycles. The second-order valence-electron chi connectivity index (χ2n) is 6.59. The van der Waals surface area contributed by atoms with E-state index in [9.17, 15) is 4.79 Å². The van der Waals surface area contributed by atoms with Gasteiger partial charge in [0, 0.05) is 36.4 Å². The molecule has 0 bridgehead atoms. The molecule has 2 aromatic rings. The number of fused-ring (bicyclic) bond motifs is 3. The third-order valence-electron chi connectivity index (χ3n) is 5.07. The number of nitrogens with zero attached hydrogens (tertiary/aromatic N) is 1. The number of benzene rings is 1. The van der Waals surface area contributed by atoms with Crippen LogP contribution < -0.4 is 19.8 Å². The van der Waals surface area contributed by atoms with Gasteiger partial charge in [-0.15, -0.1) is 0 Å². The number of ether oxygens (including phenoxy) is 4. The molecular formula is C20H23NO5. The number of pyridine rings is 1. The van der Waals surface area contributed by atoms with Gasteiger partial charge in [0.2, 0.25) is 0 Å². The summed E-state index contributed by atoms with van der Waals surface area (Å²) in [5.41, 5.74) is 2.84. The summed E-state index contributed by atoms with van der Waals surface area (Å²) in [6.45, 7) is 1.87. The molecule has 6 heteroatoms. The molecule has 6 nitrogen and oxygen atoms in total. The topological polar surface area (TPSA) is 58.9 Å². The van der Waals surface area contributed by atoms with Gasteiger partial charge in [-0.2, -0.15) is 0 Å². The maximum atomic E-state index is 12.6. The van der Waals surface area contributed by atoms with Crippen molar-refractivity contribution in [2.45, 2.75) is 31.9 Å². The van der Waals surface area contributed by atoms with Gasteiger partial charge in [-0.3, -0.25) is 4.79 Å². The monoisotopic (exact) mass is 357 g/mol. The highest BCUT2D eigenvalue weighted by Crippen LogP contribution is 2.41. The van der Waals surface area contributed by atoms with Crippen LogP contribution in [0.15, 0.2) is 29.1 Å². The molecule has 2 aliphatic rings. The predicted molar refractivity (Wildman–Crippen MR) is 97.4 cm³/mol. The van der Waals surface area contributed by atoms with Crippen molar-refractivity contribution in [1.82, 2.24) is 4.57 Å². The normalized spacial score (nSPS) is 18.2. The molecule has 138 valence electrons. The summed E-state index contributed by atoms with van der Waals surface area (Å²) in [5, 5.41) is 0. The Labute approximate surface area is 152 Å². The molecule has 1 saturated heterocycles. The van der Waals surface area contributed by atoms with Crippen molar-refractivity contribution < 1.29 is 18.9 Å². The van der Waals surface area contributed by atoms with E-state index in [0.29, 0.717) is 24.7 Å². The van der Waals surface area contributed by atoms with Crippen LogP contribution in [-0.2, 0) is 17.7 Å². The van der Waals surface area contributed by atoms with Crippen LogP contribution in [0.2, 0.25) is 0 Å². The Morgan fingerprint density at radius 1 is 1.23 bits per heavy atom. The Morgan fingerprint density at radius 2 is 2.12 bits per heavy atom. The van der Waals surface area contributed by atoms with Crippen LogP contribution in [0.3, 0.4) is 0 Å². The Morgan fingerprint density at radius 3 is 2.85 bits per heavy atom. The van der Waals surface area contributed by atoms with Crippen LogP contribution in [0.1, 0.15) is 18.4 Å². The predicted octanol–water partition coefficient (Wildman–Crippen LogP) is 2.65. The maximum absolute atomic E-state index is 12.6. The molecule has 1 aromatic heterocycles. The summed E-state index contributed by atoms with van der Waals surface area (Å²) in [6.07, 6.45) is 2.91. The first-order valence-electron chi connectivity index (χ1n) is 8.94. The molecule has 0 aliphatic carbocycles. The van der Waals surface area contributed by atoms with Crippen molar-refractivity contribution in [1.29, 1.82) is 0 Å². The van der Waals surface area contributed by atoms with Gasteiger partial charge in [0.05, 0.1) is 26.0 Å². The highest BCUT2D eigenvalue weighted by atomic mass is 16.5. The standard InChI is InChI=1S/C20H23NO5/c1-23-18-6-5-15-16(20(18)24-2)7-8-21-17(15)10-14(11-19(21)22)26-12-13-4-3-9-25-13/h5-6,10-11,13H,3-4,7-9,12H2,1-2H3. The van der Waals surface area contributed by atoms with Crippen LogP contribution in [0.5, 0.6) is 17.2 Å². The Balaban J connectivity index is 1.71. The number of hydrogen-bond donors (Lipinski definition) is 0. The second kappa shape index (κ2) is 7.03. The van der Waals surface area contributed by atoms with E-state index in [-0.39, 0.29) is 11.7 Å². The van der Waals surface area contributed by atoms with E-state index in [2.05, 4.69) is 0 Å². The van der Waals surface area contributed by atoms with Crippen molar-refractivity contribution >= 4 is 0 Å². The summed E-state index contributed by atoms with van der Waals surface area (Å²) in [7, 11) is 3.27. The lowest BCUT2D eigenvalue weighted by molar-refractivity contribution is 0.0679. The Hall–Kier alpha value is -2.47. The molecule has 3 heterocycles. The minimum Gasteiger partial charge on any atom is -0.493 e. The highest BCUT2D eigenvalue weighted by Gasteiger charge is 2.24. The average molecular weight is 357 g/mol. The van der Waals surface area contributed by atoms with Gasteiger partial charge < -0.3 is 23.5 Å². The Kier molecular flexibility index (Phi) is 4.59. The lowest BCUT2D eigenvalue weighted by atomic mass is 9.95. The molecule has 26 heavy (non-hydrogen) atoms. The average Bonchev–Trinajstić information content (AvgIpc) is 3.18. The summed E-state index contributed by atoms with van der Waals surface area (Å²) < 4.78 is 24.2. The van der Waals surface area contributed by atoms with Gasteiger partial charge in [-0.1, -0.05) is 0 Å². The van der Waals surface area contributed by atoms with Crippen molar-refractivity contribution in [3.05, 3.63) is 40.2 Å². The first-order valence-corrected chi connectivity index (χ1v) is 8.94. The SMILES string of the molecule is COc1ccc2c(c1OC)CCn1c-2cc(OCC2CCCO2)cc1=O. The summed E-state index contributed by atoms with van der Waals surface area (Å²) in [4.78, 5) is 12.6. The molecular weight excluding hydrogens is 334 g/mol. The van der Waals surface area contributed by atoms with E-state index < -0.39 is 0 Å². The van der Waals surface area contributed by atoms with Gasteiger partial charge in [0.15, 0.2) is 11.5 Å². The van der Waals surface area contributed by atoms with Crippen molar-refractivity contribution in [3.8, 4) is 28.5 Å². The fraction of sp³-hybridized carbons (Fsp3) is 0.450. The van der Waals surface area contributed by atoms with Crippen LogP contribution in [0.25, 0.3) is 11.3 Å². The molecule has 0 radical (unpaired) electrons. The first-order chi connectivity index (χ1) is 12.7. The van der Waals surface area contributed by atoms with Crippen LogP contribution in [-0.4, -0.2) is 38.1 Å². The number of hydrogen-bond acceptors (Lipinski definition) is 5. The van der Waals surface area contributed by atoms with E-state index >= 15 is 0 Å². The van der Waals surface area contributed by atoms with E-state index in [4.69, 9.17) is 18.9 Å². The summed E-state index contributed by atoms with van der Waals surface area (Å²) >= 11 is 0. The molecule has 4 rings (SSSR count). The van der Waals surface area contributed by atoms with Gasteiger partial charge in [-0.05, 0) is 31.4 Å². The quantitative estimate of drug-likeness (QED) is 0.823. The van der Waals surface area contributed by atoms with Crippen molar-refractivity contribution in [2.24, 2.45) is 0 Å². The second-order valence-corrected chi connectivity index (χ2v) is 6.59. The van der Waals surface area contributed by atoms with E-state index in [1.807, 2.05) is 18.2 Å². The van der Waals surface area contributed by atoms with Gasteiger partial charge in [-0.25, -0.2) is 0 Å². The summed E-state index contributed by atoms with van der Waals surface area (Å²) in [5.74, 6) is 2.02. The first kappa shape index (κ1) is 17.0. The molecule has 0 saturated carbocycles. The minimum atomic E-state index is -0.0507. The summed E-state index contributed by atoms with van der Waals surface area (Å²) in [6, 6.07) is 7.34. The molecule has 2 aliphatic heterocycles. The minimum absolute atomic E-state index is 0.0507. The van der Waals surface area contributed by atoms with Crippen LogP contribution in [0.4, 0.5) is 0 Å². The third-order valence-corrected chi connectivity index (χ3v) is 5.07. The molecule has 0 amide bonds. The molecule has 1 atom stereocenters. The van der Waals surface area contributed by atoms with Crippen molar-refractivity contribution in [2.75, 3.05) is 27.4 Å². The van der Waals surface area contributed by atoms with Crippen molar-refractivity contribution in [3.63, 3.8) is 0 Å². The zero-order valence-electron chi connectivity index (χ0n) is 15.1. The Bertz CT molecular complexity index is 867. The number of rotatable bonds is 5. The highest BCUT2D eigenvalue weighted by molar-refractivity contribution is 5.72. The number of aromatic nitrogens is 1.